The molecule has 3 aliphatic rings. The number of hydrogen-bond donors (Lipinski definition) is 3. The molecule has 0 bridgehead atoms. The van der Waals surface area contributed by atoms with E-state index in [9.17, 15) is 19.6 Å². The predicted molar refractivity (Wildman–Crippen MR) is 186 cm³/mol. The molecule has 2 aromatic carbocycles. The summed E-state index contributed by atoms with van der Waals surface area (Å²) in [5, 5.41) is 22.2. The van der Waals surface area contributed by atoms with Crippen LogP contribution in [0.3, 0.4) is 0 Å². The molecular formula is C36H50ClN3O5S. The summed E-state index contributed by atoms with van der Waals surface area (Å²) in [4.78, 5) is 17.6. The number of fused-ring (bicyclic) bond motifs is 3. The third-order valence-corrected chi connectivity index (χ3v) is 11.6. The van der Waals surface area contributed by atoms with Crippen LogP contribution in [0.15, 0.2) is 48.6 Å². The summed E-state index contributed by atoms with van der Waals surface area (Å²) < 4.78 is 21.7. The smallest absolute Gasteiger partial charge is 0.292 e. The van der Waals surface area contributed by atoms with Gasteiger partial charge in [-0.05, 0) is 113 Å². The highest BCUT2D eigenvalue weighted by molar-refractivity contribution is 7.90. The van der Waals surface area contributed by atoms with Crippen molar-refractivity contribution in [2.75, 3.05) is 51.3 Å². The Balaban J connectivity index is 1.51. The summed E-state index contributed by atoms with van der Waals surface area (Å²) in [6.07, 6.45) is 9.71. The molecule has 3 N–H and O–H groups in total. The molecule has 0 aromatic heterocycles. The lowest BCUT2D eigenvalue weighted by atomic mass is 9.63. The maximum atomic E-state index is 13.2. The van der Waals surface area contributed by atoms with E-state index >= 15 is 0 Å². The van der Waals surface area contributed by atoms with Crippen molar-refractivity contribution in [3.63, 3.8) is 0 Å². The van der Waals surface area contributed by atoms with Crippen LogP contribution in [0.5, 0.6) is 5.75 Å². The van der Waals surface area contributed by atoms with Crippen LogP contribution >= 0.6 is 11.6 Å². The zero-order valence-electron chi connectivity index (χ0n) is 27.6. The first-order valence-corrected chi connectivity index (χ1v) is 18.3. The first-order chi connectivity index (χ1) is 22.0. The SMILES string of the molecule is CC/C=C/[C@](O)(CN(C)CCO)C1CCC1CN1C[C@@]2(CCCc3cc(Cl)ccc32)COc2ccc(C(=O)N[S+]([O-])C(C)C)cc21. The first-order valence-electron chi connectivity index (χ1n) is 16.7. The Kier molecular flexibility index (Phi) is 11.3. The highest BCUT2D eigenvalue weighted by Crippen LogP contribution is 2.48. The molecule has 2 aromatic rings. The Hall–Kier alpha value is -2.27. The van der Waals surface area contributed by atoms with Gasteiger partial charge in [-0.2, -0.15) is 4.72 Å². The summed E-state index contributed by atoms with van der Waals surface area (Å²) in [5.74, 6) is 0.590. The Morgan fingerprint density at radius 1 is 1.30 bits per heavy atom. The fraction of sp³-hybridized carbons (Fsp3) is 0.583. The molecule has 10 heteroatoms. The van der Waals surface area contributed by atoms with Gasteiger partial charge in [0.05, 0.1) is 35.9 Å². The Morgan fingerprint density at radius 2 is 2.11 bits per heavy atom. The van der Waals surface area contributed by atoms with Gasteiger partial charge in [-0.25, -0.2) is 0 Å². The van der Waals surface area contributed by atoms with Crippen molar-refractivity contribution < 1.29 is 24.3 Å². The molecule has 0 saturated heterocycles. The third kappa shape index (κ3) is 7.55. The lowest BCUT2D eigenvalue weighted by molar-refractivity contribution is -0.0623. The van der Waals surface area contributed by atoms with Crippen LogP contribution in [0.2, 0.25) is 5.02 Å². The van der Waals surface area contributed by atoms with E-state index < -0.39 is 17.0 Å². The number of halogens is 1. The zero-order valence-corrected chi connectivity index (χ0v) is 29.2. The molecule has 1 aliphatic heterocycles. The molecule has 1 amide bonds. The number of aryl methyl sites for hydroxylation is 1. The van der Waals surface area contributed by atoms with Gasteiger partial charge >= 0.3 is 0 Å². The van der Waals surface area contributed by atoms with Crippen LogP contribution in [-0.4, -0.2) is 82.9 Å². The number of nitrogens with zero attached hydrogens (tertiary/aromatic N) is 2. The van der Waals surface area contributed by atoms with E-state index in [1.807, 2.05) is 56.1 Å². The Labute approximate surface area is 282 Å². The van der Waals surface area contributed by atoms with E-state index in [0.717, 1.165) is 55.0 Å². The number of carbonyl (C=O) groups excluding carboxylic acids is 1. The lowest BCUT2D eigenvalue weighted by Crippen LogP contribution is -2.55. The standard InChI is InChI=1S/C36H50ClN3O5S/c1-5-6-16-36(43,23-39(4)17-18-41)31-12-9-28(31)21-40-22-35(15-7-8-26-19-29(37)11-13-30(26)35)24-45-33-14-10-27(20-32(33)40)34(42)38-46(44)25(2)3/h6,10-11,13-14,16,19-20,25,28,31,41,43H,5,7-9,12,15,17-18,21-24H2,1-4H3,(H,38,42)/b16-6+/t28?,31?,35-,36-,46?/m0/s1. The summed E-state index contributed by atoms with van der Waals surface area (Å²) in [6, 6.07) is 11.7. The lowest BCUT2D eigenvalue weighted by Gasteiger charge is -2.50. The van der Waals surface area contributed by atoms with E-state index in [4.69, 9.17) is 16.3 Å². The summed E-state index contributed by atoms with van der Waals surface area (Å²) in [7, 11) is 1.94. The van der Waals surface area contributed by atoms with Gasteiger partial charge in [0.25, 0.3) is 5.91 Å². The number of allylic oxidation sites excluding steroid dienone is 1. The first kappa shape index (κ1) is 35.0. The molecule has 46 heavy (non-hydrogen) atoms. The van der Waals surface area contributed by atoms with Crippen LogP contribution in [0.4, 0.5) is 5.69 Å². The van der Waals surface area contributed by atoms with E-state index in [0.29, 0.717) is 38.3 Å². The molecule has 8 nitrogen and oxygen atoms in total. The molecule has 252 valence electrons. The van der Waals surface area contributed by atoms with Crippen molar-refractivity contribution in [1.29, 1.82) is 0 Å². The van der Waals surface area contributed by atoms with Crippen molar-refractivity contribution >= 4 is 34.6 Å². The number of hydrogen-bond acceptors (Lipinski definition) is 7. The number of amides is 1. The molecule has 1 fully saturated rings. The van der Waals surface area contributed by atoms with E-state index in [2.05, 4.69) is 28.7 Å². The van der Waals surface area contributed by atoms with Crippen molar-refractivity contribution in [2.45, 2.75) is 75.6 Å². The number of aliphatic hydroxyl groups is 2. The number of rotatable bonds is 12. The quantitative estimate of drug-likeness (QED) is 0.209. The zero-order chi connectivity index (χ0) is 33.1. The number of aliphatic hydroxyl groups excluding tert-OH is 1. The average molecular weight is 672 g/mol. The van der Waals surface area contributed by atoms with Crippen LogP contribution in [0, 0.1) is 11.8 Å². The molecular weight excluding hydrogens is 622 g/mol. The molecule has 1 heterocycles. The normalized spacial score (nSPS) is 24.6. The molecule has 1 saturated carbocycles. The van der Waals surface area contributed by atoms with E-state index in [1.165, 1.54) is 11.1 Å². The fourth-order valence-electron chi connectivity index (χ4n) is 7.55. The maximum absolute atomic E-state index is 13.2. The summed E-state index contributed by atoms with van der Waals surface area (Å²) >= 11 is 4.95. The maximum Gasteiger partial charge on any atom is 0.292 e. The number of benzene rings is 2. The topological polar surface area (TPSA) is 108 Å². The minimum Gasteiger partial charge on any atom is -0.593 e. The van der Waals surface area contributed by atoms with Crippen molar-refractivity contribution in [3.8, 4) is 5.75 Å². The number of likely N-dealkylation sites (N-methyl/N-ethyl adjacent to an activating group) is 1. The number of ether oxygens (including phenoxy) is 1. The summed E-state index contributed by atoms with van der Waals surface area (Å²) in [6.45, 7) is 8.58. The highest BCUT2D eigenvalue weighted by Gasteiger charge is 2.48. The Morgan fingerprint density at radius 3 is 2.80 bits per heavy atom. The molecule has 5 atom stereocenters. The molecule has 2 aliphatic carbocycles. The van der Waals surface area contributed by atoms with Crippen LogP contribution in [0.1, 0.15) is 74.4 Å². The van der Waals surface area contributed by atoms with Gasteiger partial charge in [0.1, 0.15) is 11.0 Å². The summed E-state index contributed by atoms with van der Waals surface area (Å²) in [5.41, 5.74) is 2.52. The van der Waals surface area contributed by atoms with Gasteiger partial charge in [0.2, 0.25) is 0 Å². The van der Waals surface area contributed by atoms with Gasteiger partial charge in [-0.15, -0.1) is 0 Å². The third-order valence-electron chi connectivity index (χ3n) is 10.1. The van der Waals surface area contributed by atoms with Gasteiger partial charge in [0.15, 0.2) is 0 Å². The van der Waals surface area contributed by atoms with E-state index in [-0.39, 0.29) is 35.0 Å². The van der Waals surface area contributed by atoms with Crippen molar-refractivity contribution in [1.82, 2.24) is 9.62 Å². The van der Waals surface area contributed by atoms with Crippen LogP contribution in [-0.2, 0) is 23.2 Å². The second-order valence-electron chi connectivity index (χ2n) is 13.8. The van der Waals surface area contributed by atoms with Gasteiger partial charge in [-0.1, -0.05) is 36.7 Å². The average Bonchev–Trinajstić information content (AvgIpc) is 3.15. The second-order valence-corrected chi connectivity index (χ2v) is 15.9. The minimum absolute atomic E-state index is 0.0393. The molecule has 5 rings (SSSR count). The molecule has 3 unspecified atom stereocenters. The molecule has 0 radical (unpaired) electrons. The van der Waals surface area contributed by atoms with Crippen LogP contribution in [0.25, 0.3) is 0 Å². The van der Waals surface area contributed by atoms with Gasteiger partial charge in [-0.3, -0.25) is 4.79 Å². The van der Waals surface area contributed by atoms with Crippen molar-refractivity contribution in [3.05, 3.63) is 70.3 Å². The van der Waals surface area contributed by atoms with Crippen LogP contribution < -0.4 is 14.4 Å². The number of carbonyl (C=O) groups is 1. The Bertz CT molecular complexity index is 1410. The predicted octanol–water partition coefficient (Wildman–Crippen LogP) is 5.26. The largest absolute Gasteiger partial charge is 0.593 e. The number of anilines is 1. The number of nitrogens with one attached hydrogen (secondary N) is 1. The van der Waals surface area contributed by atoms with E-state index in [1.54, 1.807) is 6.07 Å². The monoisotopic (exact) mass is 671 g/mol. The minimum atomic E-state index is -1.49. The van der Waals surface area contributed by atoms with Crippen molar-refractivity contribution in [2.24, 2.45) is 11.8 Å². The van der Waals surface area contributed by atoms with Gasteiger partial charge < -0.3 is 29.3 Å². The highest BCUT2D eigenvalue weighted by atomic mass is 35.5. The van der Waals surface area contributed by atoms with Gasteiger partial charge in [0, 0.05) is 42.2 Å². The second kappa shape index (κ2) is 14.9. The fourth-order valence-corrected chi connectivity index (χ4v) is 8.28. The molecule has 1 spiro atoms.